The Morgan fingerprint density at radius 1 is 1.35 bits per heavy atom. The Morgan fingerprint density at radius 2 is 1.88 bits per heavy atom. The van der Waals surface area contributed by atoms with E-state index in [2.05, 4.69) is 11.3 Å². The molecule has 0 aromatic heterocycles. The van der Waals surface area contributed by atoms with Gasteiger partial charge in [-0.1, -0.05) is 6.08 Å². The molecule has 0 spiro atoms. The summed E-state index contributed by atoms with van der Waals surface area (Å²) in [5.41, 5.74) is 0. The Bertz CT molecular complexity index is 293. The van der Waals surface area contributed by atoms with Gasteiger partial charge in [-0.2, -0.15) is 4.76 Å². The quantitative estimate of drug-likeness (QED) is 0.292. The van der Waals surface area contributed by atoms with E-state index in [-0.39, 0.29) is 0 Å². The van der Waals surface area contributed by atoms with Crippen LogP contribution in [0.15, 0.2) is 17.4 Å². The van der Waals surface area contributed by atoms with Crippen LogP contribution in [0, 0.1) is 0 Å². The average molecular weight is 262 g/mol. The summed E-state index contributed by atoms with van der Waals surface area (Å²) in [4.78, 5) is 1.81. The summed E-state index contributed by atoms with van der Waals surface area (Å²) in [5.74, 6) is 0.690. The summed E-state index contributed by atoms with van der Waals surface area (Å²) in [5, 5.41) is 0. The van der Waals surface area contributed by atoms with Gasteiger partial charge in [0.2, 0.25) is 0 Å². The molecule has 0 aliphatic heterocycles. The first-order valence-electron chi connectivity index (χ1n) is 5.75. The van der Waals surface area contributed by atoms with Crippen LogP contribution in [-0.4, -0.2) is 38.0 Å². The molecule has 17 heavy (non-hydrogen) atoms. The Hall–Kier alpha value is -0.640. The molecule has 0 bridgehead atoms. The van der Waals surface area contributed by atoms with E-state index in [0.717, 1.165) is 6.42 Å². The number of nitrogens with zero attached hydrogens (tertiary/aromatic N) is 2. The number of rotatable bonds is 8. The zero-order valence-corrected chi connectivity index (χ0v) is 12.1. The standard InChI is InChI=1S/C11H23N2O3P/c1-6-9-10-11(13(4)5)12-17(14,15-7-2)16-8-3/h6H,1,7-10H2,2-5H3/b12-11+. The summed E-state index contributed by atoms with van der Waals surface area (Å²) < 4.78 is 26.6. The van der Waals surface area contributed by atoms with Gasteiger partial charge in [-0.15, -0.1) is 6.58 Å². The highest BCUT2D eigenvalue weighted by molar-refractivity contribution is 7.52. The van der Waals surface area contributed by atoms with Crippen molar-refractivity contribution in [3.8, 4) is 0 Å². The van der Waals surface area contributed by atoms with Gasteiger partial charge in [0.25, 0.3) is 0 Å². The van der Waals surface area contributed by atoms with E-state index in [1.54, 1.807) is 19.9 Å². The van der Waals surface area contributed by atoms with Crippen LogP contribution in [0.3, 0.4) is 0 Å². The number of allylic oxidation sites excluding steroid dienone is 1. The van der Waals surface area contributed by atoms with Crippen molar-refractivity contribution < 1.29 is 13.6 Å². The molecule has 0 aromatic rings. The molecular weight excluding hydrogens is 239 g/mol. The number of amidine groups is 1. The van der Waals surface area contributed by atoms with Crippen LogP contribution >= 0.6 is 7.75 Å². The number of hydrogen-bond donors (Lipinski definition) is 0. The van der Waals surface area contributed by atoms with Gasteiger partial charge in [0, 0.05) is 20.5 Å². The van der Waals surface area contributed by atoms with Gasteiger partial charge in [0.1, 0.15) is 5.84 Å². The summed E-state index contributed by atoms with van der Waals surface area (Å²) in [6.45, 7) is 7.80. The van der Waals surface area contributed by atoms with Crippen LogP contribution in [0.1, 0.15) is 26.7 Å². The Balaban J connectivity index is 4.93. The van der Waals surface area contributed by atoms with Gasteiger partial charge < -0.3 is 4.90 Å². The second-order valence-electron chi connectivity index (χ2n) is 3.54. The molecule has 0 unspecified atom stereocenters. The smallest absolute Gasteiger partial charge is 0.366 e. The molecule has 100 valence electrons. The minimum absolute atomic E-state index is 0.308. The van der Waals surface area contributed by atoms with E-state index in [1.807, 2.05) is 19.0 Å². The van der Waals surface area contributed by atoms with Crippen LogP contribution in [0.25, 0.3) is 0 Å². The van der Waals surface area contributed by atoms with Crippen molar-refractivity contribution >= 4 is 13.6 Å². The molecule has 0 amide bonds. The van der Waals surface area contributed by atoms with E-state index in [1.165, 1.54) is 0 Å². The molecule has 0 aromatic carbocycles. The van der Waals surface area contributed by atoms with Gasteiger partial charge in [-0.25, -0.2) is 4.57 Å². The van der Waals surface area contributed by atoms with Gasteiger partial charge in [0.15, 0.2) is 0 Å². The van der Waals surface area contributed by atoms with Crippen molar-refractivity contribution in [2.75, 3.05) is 27.3 Å². The zero-order valence-electron chi connectivity index (χ0n) is 11.2. The maximum atomic E-state index is 12.2. The van der Waals surface area contributed by atoms with Gasteiger partial charge in [0.05, 0.1) is 13.2 Å². The van der Waals surface area contributed by atoms with E-state index in [9.17, 15) is 4.57 Å². The summed E-state index contributed by atoms with van der Waals surface area (Å²) in [7, 11) is 0.345. The van der Waals surface area contributed by atoms with Crippen LogP contribution in [-0.2, 0) is 13.6 Å². The second-order valence-corrected chi connectivity index (χ2v) is 5.20. The summed E-state index contributed by atoms with van der Waals surface area (Å²) in [6, 6.07) is 0. The SMILES string of the molecule is C=CCC/C(=N\P(=O)(OCC)OCC)N(C)C. The highest BCUT2D eigenvalue weighted by Gasteiger charge is 2.24. The van der Waals surface area contributed by atoms with Gasteiger partial charge in [-0.05, 0) is 20.3 Å². The fourth-order valence-corrected chi connectivity index (χ4v) is 2.56. The second kappa shape index (κ2) is 8.45. The maximum absolute atomic E-state index is 12.2. The molecule has 0 fully saturated rings. The zero-order chi connectivity index (χ0) is 13.3. The molecule has 0 N–H and O–H groups in total. The summed E-state index contributed by atoms with van der Waals surface area (Å²) in [6.07, 6.45) is 3.24. The highest BCUT2D eigenvalue weighted by Crippen LogP contribution is 2.50. The highest BCUT2D eigenvalue weighted by atomic mass is 31.2. The van der Waals surface area contributed by atoms with Crippen molar-refractivity contribution in [2.45, 2.75) is 26.7 Å². The molecular formula is C11H23N2O3P. The summed E-state index contributed by atoms with van der Waals surface area (Å²) >= 11 is 0. The van der Waals surface area contributed by atoms with Crippen molar-refractivity contribution in [3.63, 3.8) is 0 Å². The lowest BCUT2D eigenvalue weighted by Gasteiger charge is -2.18. The van der Waals surface area contributed by atoms with E-state index >= 15 is 0 Å². The molecule has 0 saturated heterocycles. The topological polar surface area (TPSA) is 51.1 Å². The third-order valence-electron chi connectivity index (χ3n) is 1.91. The fraction of sp³-hybridized carbons (Fsp3) is 0.727. The first-order chi connectivity index (χ1) is 7.99. The van der Waals surface area contributed by atoms with E-state index in [0.29, 0.717) is 25.5 Å². The fourth-order valence-electron chi connectivity index (χ4n) is 1.16. The lowest BCUT2D eigenvalue weighted by Crippen LogP contribution is -2.22. The molecule has 0 aliphatic rings. The molecule has 0 saturated carbocycles. The average Bonchev–Trinajstić information content (AvgIpc) is 2.24. The van der Waals surface area contributed by atoms with Crippen molar-refractivity contribution in [1.29, 1.82) is 0 Å². The predicted octanol–water partition coefficient (Wildman–Crippen LogP) is 3.09. The molecule has 0 atom stereocenters. The lowest BCUT2D eigenvalue weighted by molar-refractivity contribution is 0.221. The first-order valence-corrected chi connectivity index (χ1v) is 7.25. The van der Waals surface area contributed by atoms with E-state index < -0.39 is 7.75 Å². The lowest BCUT2D eigenvalue weighted by atomic mass is 10.3. The van der Waals surface area contributed by atoms with Crippen LogP contribution in [0.5, 0.6) is 0 Å². The van der Waals surface area contributed by atoms with Crippen LogP contribution < -0.4 is 0 Å². The number of hydrogen-bond acceptors (Lipinski definition) is 3. The Morgan fingerprint density at radius 3 is 2.24 bits per heavy atom. The third-order valence-corrected chi connectivity index (χ3v) is 3.56. The molecule has 5 nitrogen and oxygen atoms in total. The molecule has 0 radical (unpaired) electrons. The third kappa shape index (κ3) is 6.61. The normalized spacial score (nSPS) is 12.6. The Kier molecular flexibility index (Phi) is 8.13. The largest absolute Gasteiger partial charge is 0.455 e. The molecule has 0 rings (SSSR count). The van der Waals surface area contributed by atoms with Gasteiger partial charge >= 0.3 is 7.75 Å². The predicted molar refractivity (Wildman–Crippen MR) is 71.4 cm³/mol. The molecule has 6 heteroatoms. The maximum Gasteiger partial charge on any atom is 0.455 e. The Labute approximate surface area is 104 Å². The van der Waals surface area contributed by atoms with Gasteiger partial charge in [-0.3, -0.25) is 9.05 Å². The monoisotopic (exact) mass is 262 g/mol. The molecule has 0 heterocycles. The van der Waals surface area contributed by atoms with Crippen molar-refractivity contribution in [3.05, 3.63) is 12.7 Å². The molecule has 0 aliphatic carbocycles. The van der Waals surface area contributed by atoms with Crippen molar-refractivity contribution in [1.82, 2.24) is 4.90 Å². The van der Waals surface area contributed by atoms with Crippen LogP contribution in [0.2, 0.25) is 0 Å². The van der Waals surface area contributed by atoms with Crippen molar-refractivity contribution in [2.24, 2.45) is 4.76 Å². The minimum Gasteiger partial charge on any atom is -0.366 e. The van der Waals surface area contributed by atoms with E-state index in [4.69, 9.17) is 9.05 Å². The minimum atomic E-state index is -3.36. The van der Waals surface area contributed by atoms with Crippen LogP contribution in [0.4, 0.5) is 0 Å². The first kappa shape index (κ1) is 16.4.